The third kappa shape index (κ3) is 5.23. The number of amides is 1. The van der Waals surface area contributed by atoms with Gasteiger partial charge in [0.15, 0.2) is 34.8 Å². The van der Waals surface area contributed by atoms with Crippen LogP contribution in [0.1, 0.15) is 37.7 Å². The van der Waals surface area contributed by atoms with Crippen LogP contribution in [0.15, 0.2) is 6.33 Å². The summed E-state index contributed by atoms with van der Waals surface area (Å²) in [6.45, 7) is -0.722. The first kappa shape index (κ1) is 23.7. The van der Waals surface area contributed by atoms with E-state index in [2.05, 4.69) is 25.6 Å². The minimum atomic E-state index is -4.48. The fourth-order valence-corrected chi connectivity index (χ4v) is 4.53. The van der Waals surface area contributed by atoms with E-state index in [0.29, 0.717) is 11.3 Å². The number of imidazole rings is 1. The molecule has 4 rings (SSSR count). The van der Waals surface area contributed by atoms with Crippen molar-refractivity contribution in [1.29, 1.82) is 0 Å². The van der Waals surface area contributed by atoms with Gasteiger partial charge < -0.3 is 30.7 Å². The third-order valence-electron chi connectivity index (χ3n) is 5.71. The highest BCUT2D eigenvalue weighted by Crippen LogP contribution is 2.33. The van der Waals surface area contributed by atoms with Crippen LogP contribution >= 0.6 is 0 Å². The molecule has 2 aromatic heterocycles. The van der Waals surface area contributed by atoms with Crippen LogP contribution in [0.5, 0.6) is 0 Å². The van der Waals surface area contributed by atoms with Gasteiger partial charge in [-0.2, -0.15) is 8.42 Å². The van der Waals surface area contributed by atoms with E-state index < -0.39 is 52.9 Å². The Labute approximate surface area is 188 Å². The molecule has 2 aliphatic rings. The summed E-state index contributed by atoms with van der Waals surface area (Å²) in [5.41, 5.74) is 0.631. The maximum absolute atomic E-state index is 11.8. The van der Waals surface area contributed by atoms with Gasteiger partial charge in [-0.3, -0.25) is 13.9 Å². The van der Waals surface area contributed by atoms with Crippen molar-refractivity contribution in [3.63, 3.8) is 0 Å². The number of nitrogens with zero attached hydrogens (tertiary/aromatic N) is 4. The summed E-state index contributed by atoms with van der Waals surface area (Å²) >= 11 is 0. The van der Waals surface area contributed by atoms with E-state index >= 15 is 0 Å². The van der Waals surface area contributed by atoms with E-state index in [0.717, 1.165) is 25.7 Å². The smallest absolute Gasteiger partial charge is 0.274 e. The van der Waals surface area contributed by atoms with Gasteiger partial charge in [-0.15, -0.1) is 0 Å². The highest BCUT2D eigenvalue weighted by Gasteiger charge is 2.44. The first-order valence-corrected chi connectivity index (χ1v) is 12.1. The Morgan fingerprint density at radius 1 is 1.21 bits per heavy atom. The zero-order valence-electron chi connectivity index (χ0n) is 17.5. The number of aliphatic hydroxyl groups excluding tert-OH is 3. The van der Waals surface area contributed by atoms with Crippen LogP contribution in [0, 0.1) is 0 Å². The van der Waals surface area contributed by atoms with Gasteiger partial charge in [0.25, 0.3) is 10.1 Å². The summed E-state index contributed by atoms with van der Waals surface area (Å²) in [6.07, 6.45) is 0.692. The molecule has 1 aliphatic carbocycles. The van der Waals surface area contributed by atoms with E-state index in [1.807, 2.05) is 0 Å². The fraction of sp³-hybridized carbons (Fsp3) is 0.667. The molecule has 0 aromatic carbocycles. The summed E-state index contributed by atoms with van der Waals surface area (Å²) in [6, 6.07) is 0.170. The molecule has 0 spiro atoms. The number of rotatable bonds is 8. The molecular weight excluding hydrogens is 460 g/mol. The van der Waals surface area contributed by atoms with Crippen LogP contribution in [0.4, 0.5) is 5.82 Å². The lowest BCUT2D eigenvalue weighted by atomic mass is 10.1. The van der Waals surface area contributed by atoms with Crippen molar-refractivity contribution in [3.05, 3.63) is 12.2 Å². The fourth-order valence-electron chi connectivity index (χ4n) is 4.10. The van der Waals surface area contributed by atoms with Crippen LogP contribution in [-0.4, -0.2) is 90.4 Å². The van der Waals surface area contributed by atoms with Crippen molar-refractivity contribution in [2.45, 2.75) is 62.8 Å². The second kappa shape index (κ2) is 9.44. The molecule has 33 heavy (non-hydrogen) atoms. The van der Waals surface area contributed by atoms with Gasteiger partial charge in [-0.1, -0.05) is 12.8 Å². The number of ether oxygens (including phenoxy) is 1. The van der Waals surface area contributed by atoms with Crippen molar-refractivity contribution in [3.8, 4) is 0 Å². The summed E-state index contributed by atoms with van der Waals surface area (Å²) in [5, 5.41) is 35.6. The highest BCUT2D eigenvalue weighted by molar-refractivity contribution is 7.86. The van der Waals surface area contributed by atoms with Gasteiger partial charge in [0.05, 0.1) is 19.5 Å². The molecule has 14 nitrogen and oxygen atoms in total. The van der Waals surface area contributed by atoms with Crippen molar-refractivity contribution < 1.29 is 37.8 Å². The number of anilines is 1. The topological polar surface area (TPSA) is 209 Å². The molecule has 3 heterocycles. The number of nitrogens with one attached hydrogen (secondary N) is 2. The van der Waals surface area contributed by atoms with Crippen LogP contribution in [0.3, 0.4) is 0 Å². The summed E-state index contributed by atoms with van der Waals surface area (Å²) in [4.78, 5) is 24.9. The Morgan fingerprint density at radius 2 is 1.94 bits per heavy atom. The van der Waals surface area contributed by atoms with Crippen molar-refractivity contribution >= 4 is 33.0 Å². The Kier molecular flexibility index (Phi) is 6.78. The molecule has 0 radical (unpaired) electrons. The second-order valence-corrected chi connectivity index (χ2v) is 9.62. The molecule has 2 aromatic rings. The number of aromatic nitrogens is 4. The standard InChI is InChI=1S/C18H26N6O8S/c25-6-10-14(27)15(28)18(32-10)24-8-20-13-16(21-9-3-1-2-4-9)22-11(23-17(13)24)5-19-12(26)7-33(29,30)31/h8-10,14-15,18,25,27-28H,1-7H2,(H,19,26)(H,21,22,23)(H,29,30,31)/t10-,14-,15+,18-/m1/s1. The molecule has 1 amide bonds. The number of hydrogen-bond donors (Lipinski definition) is 6. The normalized spacial score (nSPS) is 26.2. The monoisotopic (exact) mass is 486 g/mol. The summed E-state index contributed by atoms with van der Waals surface area (Å²) in [5.74, 6) is -1.50. The van der Waals surface area contributed by atoms with E-state index in [4.69, 9.17) is 9.29 Å². The van der Waals surface area contributed by atoms with Gasteiger partial charge >= 0.3 is 0 Å². The Bertz CT molecular complexity index is 1120. The Balaban J connectivity index is 1.66. The predicted octanol–water partition coefficient (Wildman–Crippen LogP) is -1.70. The number of aliphatic hydroxyl groups is 3. The third-order valence-corrected chi connectivity index (χ3v) is 6.34. The van der Waals surface area contributed by atoms with E-state index in [-0.39, 0.29) is 24.1 Å². The van der Waals surface area contributed by atoms with E-state index in [9.17, 15) is 28.5 Å². The van der Waals surface area contributed by atoms with Gasteiger partial charge in [0.2, 0.25) is 5.91 Å². The maximum atomic E-state index is 11.8. The lowest BCUT2D eigenvalue weighted by Gasteiger charge is -2.18. The summed E-state index contributed by atoms with van der Waals surface area (Å²) < 4.78 is 37.6. The lowest BCUT2D eigenvalue weighted by molar-refractivity contribution is -0.118. The molecular formula is C18H26N6O8S. The number of hydrogen-bond acceptors (Lipinski definition) is 11. The minimum absolute atomic E-state index is 0.125. The summed E-state index contributed by atoms with van der Waals surface area (Å²) in [7, 11) is -4.48. The molecule has 6 N–H and O–H groups in total. The first-order valence-electron chi connectivity index (χ1n) is 10.5. The van der Waals surface area contributed by atoms with Crippen molar-refractivity contribution in [2.24, 2.45) is 0 Å². The van der Waals surface area contributed by atoms with Gasteiger partial charge in [0.1, 0.15) is 18.3 Å². The Morgan fingerprint density at radius 3 is 2.58 bits per heavy atom. The largest absolute Gasteiger partial charge is 0.394 e. The molecule has 15 heteroatoms. The average molecular weight is 487 g/mol. The molecule has 182 valence electrons. The van der Waals surface area contributed by atoms with Gasteiger partial charge in [0, 0.05) is 6.04 Å². The number of carbonyl (C=O) groups excluding carboxylic acids is 1. The quantitative estimate of drug-likeness (QED) is 0.231. The van der Waals surface area contributed by atoms with Crippen LogP contribution in [0.2, 0.25) is 0 Å². The number of carbonyl (C=O) groups is 1. The zero-order valence-corrected chi connectivity index (χ0v) is 18.3. The van der Waals surface area contributed by atoms with Gasteiger partial charge in [-0.25, -0.2) is 15.0 Å². The molecule has 0 unspecified atom stereocenters. The van der Waals surface area contributed by atoms with Gasteiger partial charge in [-0.05, 0) is 12.8 Å². The SMILES string of the molecule is O=C(CS(=O)(=O)O)NCc1nc(NC2CCCC2)c2ncn([C@@H]3O[C@H](CO)[C@@H](O)[C@@H]3O)c2n1. The molecule has 1 saturated heterocycles. The van der Waals surface area contributed by atoms with Crippen LogP contribution in [0.25, 0.3) is 11.2 Å². The maximum Gasteiger partial charge on any atom is 0.274 e. The number of fused-ring (bicyclic) bond motifs is 1. The average Bonchev–Trinajstić information content (AvgIpc) is 3.46. The van der Waals surface area contributed by atoms with E-state index in [1.54, 1.807) is 0 Å². The van der Waals surface area contributed by atoms with Crippen molar-refractivity contribution in [1.82, 2.24) is 24.8 Å². The molecule has 1 aliphatic heterocycles. The van der Waals surface area contributed by atoms with E-state index in [1.165, 1.54) is 10.9 Å². The lowest BCUT2D eigenvalue weighted by Crippen LogP contribution is -2.33. The highest BCUT2D eigenvalue weighted by atomic mass is 32.2. The predicted molar refractivity (Wildman–Crippen MR) is 112 cm³/mol. The molecule has 0 bridgehead atoms. The first-order chi connectivity index (χ1) is 15.7. The Hall–Kier alpha value is -2.43. The van der Waals surface area contributed by atoms with Crippen LogP contribution in [-0.2, 0) is 26.2 Å². The molecule has 4 atom stereocenters. The zero-order chi connectivity index (χ0) is 23.8. The minimum Gasteiger partial charge on any atom is -0.394 e. The second-order valence-electron chi connectivity index (χ2n) is 8.17. The molecule has 2 fully saturated rings. The van der Waals surface area contributed by atoms with Crippen molar-refractivity contribution in [2.75, 3.05) is 17.7 Å². The molecule has 1 saturated carbocycles. The van der Waals surface area contributed by atoms with Crippen LogP contribution < -0.4 is 10.6 Å².